The molecule has 0 saturated carbocycles. The zero-order chi connectivity index (χ0) is 8.85. The third kappa shape index (κ3) is 4.92. The van der Waals surface area contributed by atoms with Gasteiger partial charge in [-0.2, -0.15) is 0 Å². The van der Waals surface area contributed by atoms with Crippen LogP contribution >= 0.6 is 0 Å². The van der Waals surface area contributed by atoms with Crippen molar-refractivity contribution in [3.05, 3.63) is 0 Å². The molecule has 0 amide bonds. The van der Waals surface area contributed by atoms with E-state index in [0.717, 1.165) is 6.42 Å². The Morgan fingerprint density at radius 1 is 1.73 bits per heavy atom. The number of hydrogen-bond acceptors (Lipinski definition) is 2. The molecule has 0 aliphatic carbocycles. The number of carboxylic acid groups (broad SMARTS) is 1. The first kappa shape index (κ1) is 10.6. The van der Waals surface area contributed by atoms with Gasteiger partial charge in [0, 0.05) is 5.75 Å². The first-order chi connectivity index (χ1) is 5.07. The fourth-order valence-electron chi connectivity index (χ4n) is 0.492. The first-order valence-electron chi connectivity index (χ1n) is 3.45. The minimum Gasteiger partial charge on any atom is -0.480 e. The van der Waals surface area contributed by atoms with Gasteiger partial charge in [0.25, 0.3) is 0 Å². The van der Waals surface area contributed by atoms with Crippen LogP contribution in [0.3, 0.4) is 0 Å². The SMILES string of the molecule is CCCS(=O)N[C@H](C)C(=O)O. The summed E-state index contributed by atoms with van der Waals surface area (Å²) in [5, 5.41) is 8.40. The van der Waals surface area contributed by atoms with Crippen molar-refractivity contribution in [3.63, 3.8) is 0 Å². The summed E-state index contributed by atoms with van der Waals surface area (Å²) in [6.45, 7) is 3.36. The van der Waals surface area contributed by atoms with Crippen molar-refractivity contribution in [2.24, 2.45) is 0 Å². The van der Waals surface area contributed by atoms with E-state index in [-0.39, 0.29) is 0 Å². The van der Waals surface area contributed by atoms with Crippen LogP contribution in [0.15, 0.2) is 0 Å². The molecule has 0 bridgehead atoms. The molecule has 0 spiro atoms. The lowest BCUT2D eigenvalue weighted by Gasteiger charge is -2.06. The lowest BCUT2D eigenvalue weighted by molar-refractivity contribution is -0.138. The molecule has 0 aliphatic rings. The number of nitrogens with one attached hydrogen (secondary N) is 1. The van der Waals surface area contributed by atoms with Crippen LogP contribution in [0.25, 0.3) is 0 Å². The smallest absolute Gasteiger partial charge is 0.321 e. The molecule has 0 rings (SSSR count). The molecule has 0 aromatic carbocycles. The zero-order valence-electron chi connectivity index (χ0n) is 6.66. The predicted octanol–water partition coefficient (Wildman–Crippen LogP) is 0.123. The standard InChI is InChI=1S/C6H13NO3S/c1-3-4-11(10)7-5(2)6(8)9/h5,7H,3-4H2,1-2H3,(H,8,9)/t5-,11?/m1/s1. The van der Waals surface area contributed by atoms with E-state index in [1.54, 1.807) is 0 Å². The maximum absolute atomic E-state index is 10.9. The monoisotopic (exact) mass is 179 g/mol. The van der Waals surface area contributed by atoms with Crippen LogP contribution in [0.4, 0.5) is 0 Å². The summed E-state index contributed by atoms with van der Waals surface area (Å²) in [5.41, 5.74) is 0. The maximum Gasteiger partial charge on any atom is 0.321 e. The Morgan fingerprint density at radius 2 is 2.27 bits per heavy atom. The van der Waals surface area contributed by atoms with E-state index in [1.807, 2.05) is 6.92 Å². The largest absolute Gasteiger partial charge is 0.480 e. The minimum atomic E-state index is -1.20. The number of carboxylic acids is 1. The molecule has 5 heteroatoms. The summed E-state index contributed by atoms with van der Waals surface area (Å²) < 4.78 is 13.3. The summed E-state index contributed by atoms with van der Waals surface area (Å²) in [5.74, 6) is -0.480. The van der Waals surface area contributed by atoms with Gasteiger partial charge in [0.05, 0.1) is 11.0 Å². The average Bonchev–Trinajstić information content (AvgIpc) is 1.87. The molecule has 2 N–H and O–H groups in total. The molecule has 2 atom stereocenters. The number of aliphatic carboxylic acids is 1. The molecule has 0 aliphatic heterocycles. The lowest BCUT2D eigenvalue weighted by atomic mass is 10.4. The van der Waals surface area contributed by atoms with Gasteiger partial charge < -0.3 is 5.11 Å². The molecule has 11 heavy (non-hydrogen) atoms. The van der Waals surface area contributed by atoms with Gasteiger partial charge in [-0.1, -0.05) is 6.92 Å². The quantitative estimate of drug-likeness (QED) is 0.630. The highest BCUT2D eigenvalue weighted by Gasteiger charge is 2.11. The molecule has 4 nitrogen and oxygen atoms in total. The molecule has 66 valence electrons. The van der Waals surface area contributed by atoms with E-state index in [0.29, 0.717) is 5.75 Å². The molecule has 0 saturated heterocycles. The van der Waals surface area contributed by atoms with Crippen LogP contribution in [-0.4, -0.2) is 27.1 Å². The normalized spacial score (nSPS) is 15.8. The Morgan fingerprint density at radius 3 is 2.64 bits per heavy atom. The summed E-state index contributed by atoms with van der Waals surface area (Å²) in [4.78, 5) is 10.2. The Kier molecular flexibility index (Phi) is 5.06. The van der Waals surface area contributed by atoms with Gasteiger partial charge >= 0.3 is 5.97 Å². The van der Waals surface area contributed by atoms with Gasteiger partial charge in [0.2, 0.25) is 0 Å². The highest BCUT2D eigenvalue weighted by molar-refractivity contribution is 7.83. The average molecular weight is 179 g/mol. The van der Waals surface area contributed by atoms with E-state index in [4.69, 9.17) is 5.11 Å². The van der Waals surface area contributed by atoms with Crippen molar-refractivity contribution < 1.29 is 14.1 Å². The van der Waals surface area contributed by atoms with Crippen molar-refractivity contribution >= 4 is 17.0 Å². The third-order valence-electron chi connectivity index (χ3n) is 1.07. The van der Waals surface area contributed by atoms with Crippen LogP contribution < -0.4 is 4.72 Å². The lowest BCUT2D eigenvalue weighted by Crippen LogP contribution is -2.35. The van der Waals surface area contributed by atoms with Crippen molar-refractivity contribution in [3.8, 4) is 0 Å². The van der Waals surface area contributed by atoms with Gasteiger partial charge in [-0.15, -0.1) is 0 Å². The minimum absolute atomic E-state index is 0.498. The molecule has 0 aromatic heterocycles. The summed E-state index contributed by atoms with van der Waals surface area (Å²) in [6, 6.07) is -0.734. The van der Waals surface area contributed by atoms with Gasteiger partial charge in [-0.05, 0) is 13.3 Å². The van der Waals surface area contributed by atoms with Crippen LogP contribution in [0.5, 0.6) is 0 Å². The van der Waals surface area contributed by atoms with Crippen molar-refractivity contribution in [2.45, 2.75) is 26.3 Å². The number of hydrogen-bond donors (Lipinski definition) is 2. The van der Waals surface area contributed by atoms with Crippen molar-refractivity contribution in [2.75, 3.05) is 5.75 Å². The molecule has 0 fully saturated rings. The number of carbonyl (C=O) groups is 1. The Bertz CT molecular complexity index is 160. The van der Waals surface area contributed by atoms with E-state index in [1.165, 1.54) is 6.92 Å². The second kappa shape index (κ2) is 5.26. The van der Waals surface area contributed by atoms with E-state index in [9.17, 15) is 9.00 Å². The highest BCUT2D eigenvalue weighted by atomic mass is 32.2. The Labute approximate surface area is 68.6 Å². The van der Waals surface area contributed by atoms with E-state index >= 15 is 0 Å². The van der Waals surface area contributed by atoms with Crippen LogP contribution in [0.1, 0.15) is 20.3 Å². The van der Waals surface area contributed by atoms with Crippen molar-refractivity contribution in [1.82, 2.24) is 4.72 Å². The van der Waals surface area contributed by atoms with Crippen LogP contribution in [0, 0.1) is 0 Å². The van der Waals surface area contributed by atoms with Gasteiger partial charge in [0.15, 0.2) is 0 Å². The van der Waals surface area contributed by atoms with Gasteiger partial charge in [0.1, 0.15) is 6.04 Å². The van der Waals surface area contributed by atoms with Gasteiger partial charge in [-0.25, -0.2) is 8.93 Å². The molecule has 0 radical (unpaired) electrons. The predicted molar refractivity (Wildman–Crippen MR) is 43.5 cm³/mol. The molecular weight excluding hydrogens is 166 g/mol. The Hall–Kier alpha value is -0.420. The fraction of sp³-hybridized carbons (Fsp3) is 0.833. The summed E-state index contributed by atoms with van der Waals surface area (Å²) >= 11 is 0. The molecule has 0 heterocycles. The van der Waals surface area contributed by atoms with Crippen molar-refractivity contribution in [1.29, 1.82) is 0 Å². The first-order valence-corrected chi connectivity index (χ1v) is 4.77. The molecule has 1 unspecified atom stereocenters. The number of rotatable bonds is 5. The molecule has 0 aromatic rings. The highest BCUT2D eigenvalue weighted by Crippen LogP contribution is 1.86. The second-order valence-corrected chi connectivity index (χ2v) is 3.56. The summed E-state index contributed by atoms with van der Waals surface area (Å²) in [7, 11) is -1.20. The van der Waals surface area contributed by atoms with Crippen LogP contribution in [-0.2, 0) is 15.8 Å². The zero-order valence-corrected chi connectivity index (χ0v) is 7.48. The maximum atomic E-state index is 10.9. The fourth-order valence-corrected chi connectivity index (χ4v) is 1.48. The second-order valence-electron chi connectivity index (χ2n) is 2.23. The summed E-state index contributed by atoms with van der Waals surface area (Å²) in [6.07, 6.45) is 0.784. The van der Waals surface area contributed by atoms with E-state index < -0.39 is 23.0 Å². The molecular formula is C6H13NO3S. The van der Waals surface area contributed by atoms with Crippen LogP contribution in [0.2, 0.25) is 0 Å². The van der Waals surface area contributed by atoms with Gasteiger partial charge in [-0.3, -0.25) is 4.79 Å². The Balaban J connectivity index is 3.66. The third-order valence-corrected chi connectivity index (χ3v) is 2.46. The topological polar surface area (TPSA) is 66.4 Å². The van der Waals surface area contributed by atoms with E-state index in [2.05, 4.69) is 4.72 Å².